The maximum absolute atomic E-state index is 6.25. The lowest BCUT2D eigenvalue weighted by molar-refractivity contribution is 0.304. The fraction of sp³-hybridized carbons (Fsp3) is 0.333. The lowest BCUT2D eigenvalue weighted by atomic mass is 9.83. The highest BCUT2D eigenvalue weighted by Crippen LogP contribution is 2.31. The van der Waals surface area contributed by atoms with Crippen LogP contribution in [0, 0.1) is 5.41 Å². The van der Waals surface area contributed by atoms with Crippen molar-refractivity contribution in [3.8, 4) is 5.75 Å². The lowest BCUT2D eigenvalue weighted by Crippen LogP contribution is -2.26. The van der Waals surface area contributed by atoms with Gasteiger partial charge in [0.15, 0.2) is 0 Å². The van der Waals surface area contributed by atoms with Crippen LogP contribution in [0.2, 0.25) is 0 Å². The second-order valence-corrected chi connectivity index (χ2v) is 6.19. The van der Waals surface area contributed by atoms with Crippen LogP contribution in [-0.2, 0) is 6.61 Å². The smallest absolute Gasteiger partial charge is 0.119 e. The normalized spacial score (nSPS) is 13.0. The van der Waals surface area contributed by atoms with Crippen molar-refractivity contribution in [2.75, 3.05) is 0 Å². The molecule has 1 atom stereocenters. The van der Waals surface area contributed by atoms with Crippen molar-refractivity contribution in [3.63, 3.8) is 0 Å². The highest BCUT2D eigenvalue weighted by Gasteiger charge is 2.21. The minimum atomic E-state index is 0.0330. The van der Waals surface area contributed by atoms with Gasteiger partial charge in [0.05, 0.1) is 0 Å². The van der Waals surface area contributed by atoms with Crippen LogP contribution in [0.4, 0.5) is 0 Å². The Morgan fingerprint density at radius 3 is 2.10 bits per heavy atom. The standard InChI is InChI=1S/C18H23NO/c1-18(2,3)17(19)15-9-11-16(12-10-15)20-13-14-7-5-4-6-8-14/h4-12,17H,13,19H2,1-3H3/t17-/m1/s1. The Labute approximate surface area is 121 Å². The molecule has 0 aliphatic carbocycles. The topological polar surface area (TPSA) is 35.2 Å². The molecule has 0 aliphatic heterocycles. The van der Waals surface area contributed by atoms with E-state index in [0.29, 0.717) is 6.61 Å². The van der Waals surface area contributed by atoms with E-state index in [1.54, 1.807) is 0 Å². The van der Waals surface area contributed by atoms with Crippen molar-refractivity contribution in [3.05, 3.63) is 65.7 Å². The van der Waals surface area contributed by atoms with Gasteiger partial charge in [0, 0.05) is 6.04 Å². The van der Waals surface area contributed by atoms with E-state index >= 15 is 0 Å². The summed E-state index contributed by atoms with van der Waals surface area (Å²) in [7, 11) is 0. The molecule has 0 spiro atoms. The second kappa shape index (κ2) is 6.10. The number of nitrogens with two attached hydrogens (primary N) is 1. The van der Waals surface area contributed by atoms with Gasteiger partial charge < -0.3 is 10.5 Å². The summed E-state index contributed by atoms with van der Waals surface area (Å²) < 4.78 is 5.77. The highest BCUT2D eigenvalue weighted by molar-refractivity contribution is 5.30. The molecular weight excluding hydrogens is 246 g/mol. The fourth-order valence-electron chi connectivity index (χ4n) is 2.01. The summed E-state index contributed by atoms with van der Waals surface area (Å²) >= 11 is 0. The third kappa shape index (κ3) is 3.84. The van der Waals surface area contributed by atoms with Crippen molar-refractivity contribution in [1.29, 1.82) is 0 Å². The summed E-state index contributed by atoms with van der Waals surface area (Å²) in [4.78, 5) is 0. The van der Waals surface area contributed by atoms with E-state index in [1.165, 1.54) is 5.56 Å². The van der Waals surface area contributed by atoms with E-state index in [2.05, 4.69) is 45.0 Å². The Hall–Kier alpha value is -1.80. The molecular formula is C18H23NO. The van der Waals surface area contributed by atoms with Gasteiger partial charge in [-0.05, 0) is 28.7 Å². The molecule has 0 amide bonds. The third-order valence-electron chi connectivity index (χ3n) is 3.42. The van der Waals surface area contributed by atoms with E-state index in [4.69, 9.17) is 10.5 Å². The van der Waals surface area contributed by atoms with E-state index in [1.807, 2.05) is 30.3 Å². The first-order chi connectivity index (χ1) is 9.47. The summed E-state index contributed by atoms with van der Waals surface area (Å²) in [5.74, 6) is 0.874. The Morgan fingerprint density at radius 2 is 1.55 bits per heavy atom. The summed E-state index contributed by atoms with van der Waals surface area (Å²) in [6, 6.07) is 18.3. The van der Waals surface area contributed by atoms with Crippen molar-refractivity contribution in [2.24, 2.45) is 11.1 Å². The Kier molecular flexibility index (Phi) is 4.46. The Bertz CT molecular complexity index is 526. The van der Waals surface area contributed by atoms with Crippen LogP contribution in [0.3, 0.4) is 0 Å². The molecule has 0 fully saturated rings. The molecule has 2 aromatic carbocycles. The SMILES string of the molecule is CC(C)(C)[C@H](N)c1ccc(OCc2ccccc2)cc1. The average molecular weight is 269 g/mol. The molecule has 0 saturated carbocycles. The number of hydrogen-bond acceptors (Lipinski definition) is 2. The second-order valence-electron chi connectivity index (χ2n) is 6.19. The number of benzene rings is 2. The molecule has 2 nitrogen and oxygen atoms in total. The molecule has 2 rings (SSSR count). The zero-order valence-corrected chi connectivity index (χ0v) is 12.5. The maximum Gasteiger partial charge on any atom is 0.119 e. The number of rotatable bonds is 4. The first-order valence-corrected chi connectivity index (χ1v) is 6.99. The molecule has 2 aromatic rings. The van der Waals surface area contributed by atoms with Crippen molar-refractivity contribution < 1.29 is 4.74 Å². The maximum atomic E-state index is 6.25. The quantitative estimate of drug-likeness (QED) is 0.897. The van der Waals surface area contributed by atoms with Crippen LogP contribution in [0.5, 0.6) is 5.75 Å². The zero-order valence-electron chi connectivity index (χ0n) is 12.5. The van der Waals surface area contributed by atoms with Crippen LogP contribution >= 0.6 is 0 Å². The van der Waals surface area contributed by atoms with Crippen LogP contribution in [-0.4, -0.2) is 0 Å². The third-order valence-corrected chi connectivity index (χ3v) is 3.42. The van der Waals surface area contributed by atoms with E-state index in [-0.39, 0.29) is 11.5 Å². The minimum absolute atomic E-state index is 0.0330. The molecule has 0 unspecified atom stereocenters. The Morgan fingerprint density at radius 1 is 0.950 bits per heavy atom. The van der Waals surface area contributed by atoms with Crippen molar-refractivity contribution >= 4 is 0 Å². The van der Waals surface area contributed by atoms with E-state index in [0.717, 1.165) is 11.3 Å². The van der Waals surface area contributed by atoms with Crippen LogP contribution in [0.25, 0.3) is 0 Å². The predicted molar refractivity (Wildman–Crippen MR) is 83.6 cm³/mol. The van der Waals surface area contributed by atoms with Gasteiger partial charge in [-0.3, -0.25) is 0 Å². The molecule has 0 aliphatic rings. The predicted octanol–water partition coefficient (Wildman–Crippen LogP) is 4.31. The van der Waals surface area contributed by atoms with Crippen LogP contribution in [0.1, 0.15) is 37.9 Å². The van der Waals surface area contributed by atoms with Gasteiger partial charge in [-0.25, -0.2) is 0 Å². The van der Waals surface area contributed by atoms with Crippen LogP contribution < -0.4 is 10.5 Å². The molecule has 106 valence electrons. The largest absolute Gasteiger partial charge is 0.489 e. The van der Waals surface area contributed by atoms with Crippen molar-refractivity contribution in [2.45, 2.75) is 33.4 Å². The molecule has 0 saturated heterocycles. The molecule has 0 bridgehead atoms. The summed E-state index contributed by atoms with van der Waals surface area (Å²) in [5.41, 5.74) is 8.62. The van der Waals surface area contributed by atoms with Gasteiger partial charge in [-0.1, -0.05) is 63.2 Å². The lowest BCUT2D eigenvalue weighted by Gasteiger charge is -2.27. The van der Waals surface area contributed by atoms with Gasteiger partial charge in [-0.15, -0.1) is 0 Å². The summed E-state index contributed by atoms with van der Waals surface area (Å²) in [6.07, 6.45) is 0. The van der Waals surface area contributed by atoms with E-state index in [9.17, 15) is 0 Å². The monoisotopic (exact) mass is 269 g/mol. The van der Waals surface area contributed by atoms with Crippen molar-refractivity contribution in [1.82, 2.24) is 0 Å². The molecule has 2 heteroatoms. The summed E-state index contributed by atoms with van der Waals surface area (Å²) in [6.45, 7) is 7.04. The van der Waals surface area contributed by atoms with E-state index < -0.39 is 0 Å². The van der Waals surface area contributed by atoms with Gasteiger partial charge in [0.2, 0.25) is 0 Å². The summed E-state index contributed by atoms with van der Waals surface area (Å²) in [5, 5.41) is 0. The first kappa shape index (κ1) is 14.6. The van der Waals surface area contributed by atoms with Gasteiger partial charge in [0.1, 0.15) is 12.4 Å². The first-order valence-electron chi connectivity index (χ1n) is 6.99. The number of hydrogen-bond donors (Lipinski definition) is 1. The number of ether oxygens (including phenoxy) is 1. The molecule has 20 heavy (non-hydrogen) atoms. The minimum Gasteiger partial charge on any atom is -0.489 e. The zero-order chi connectivity index (χ0) is 14.6. The molecule has 0 aromatic heterocycles. The molecule has 2 N–H and O–H groups in total. The van der Waals surface area contributed by atoms with Gasteiger partial charge >= 0.3 is 0 Å². The highest BCUT2D eigenvalue weighted by atomic mass is 16.5. The van der Waals surface area contributed by atoms with Crippen LogP contribution in [0.15, 0.2) is 54.6 Å². The fourth-order valence-corrected chi connectivity index (χ4v) is 2.01. The molecule has 0 radical (unpaired) electrons. The molecule has 0 heterocycles. The average Bonchev–Trinajstić information content (AvgIpc) is 2.45. The Balaban J connectivity index is 1.98. The van der Waals surface area contributed by atoms with Gasteiger partial charge in [-0.2, -0.15) is 0 Å². The van der Waals surface area contributed by atoms with Gasteiger partial charge in [0.25, 0.3) is 0 Å².